The molecule has 0 aromatic rings. The number of methoxy groups -OCH3 is 1. The van der Waals surface area contributed by atoms with Gasteiger partial charge in [-0.25, -0.2) is 8.42 Å². The minimum absolute atomic E-state index is 0.111. The molecule has 0 aromatic heterocycles. The van der Waals surface area contributed by atoms with Crippen LogP contribution in [0.5, 0.6) is 0 Å². The van der Waals surface area contributed by atoms with Crippen LogP contribution < -0.4 is 0 Å². The van der Waals surface area contributed by atoms with Gasteiger partial charge >= 0.3 is 5.97 Å². The average Bonchev–Trinajstić information content (AvgIpc) is 2.00. The number of aliphatic hydroxyl groups is 1. The topological polar surface area (TPSA) is 80.7 Å². The summed E-state index contributed by atoms with van der Waals surface area (Å²) in [6.07, 6.45) is 1.15. The van der Waals surface area contributed by atoms with Crippen LogP contribution in [0.3, 0.4) is 0 Å². The van der Waals surface area contributed by atoms with Crippen molar-refractivity contribution in [2.24, 2.45) is 5.92 Å². The molecule has 78 valence electrons. The van der Waals surface area contributed by atoms with Crippen molar-refractivity contribution in [3.05, 3.63) is 0 Å². The molecule has 5 nitrogen and oxygen atoms in total. The molecule has 0 bridgehead atoms. The highest BCUT2D eigenvalue weighted by molar-refractivity contribution is 7.90. The van der Waals surface area contributed by atoms with Crippen molar-refractivity contribution in [3.63, 3.8) is 0 Å². The van der Waals surface area contributed by atoms with Crippen molar-refractivity contribution < 1.29 is 23.1 Å². The van der Waals surface area contributed by atoms with Gasteiger partial charge in [0, 0.05) is 12.9 Å². The van der Waals surface area contributed by atoms with Crippen LogP contribution in [-0.4, -0.2) is 45.2 Å². The Kier molecular flexibility index (Phi) is 4.94. The largest absolute Gasteiger partial charge is 0.469 e. The molecule has 0 fully saturated rings. The Balaban J connectivity index is 4.35. The van der Waals surface area contributed by atoms with Crippen LogP contribution in [0, 0.1) is 5.92 Å². The molecule has 0 aliphatic carbocycles. The smallest absolute Gasteiger partial charge is 0.309 e. The first-order chi connectivity index (χ1) is 5.90. The molecule has 1 unspecified atom stereocenters. The maximum Gasteiger partial charge on any atom is 0.309 e. The van der Waals surface area contributed by atoms with Crippen molar-refractivity contribution in [1.82, 2.24) is 0 Å². The van der Waals surface area contributed by atoms with E-state index in [0.717, 1.165) is 6.26 Å². The number of esters is 1. The van der Waals surface area contributed by atoms with Gasteiger partial charge in [0.25, 0.3) is 0 Å². The summed E-state index contributed by atoms with van der Waals surface area (Å²) < 4.78 is 26.1. The zero-order valence-electron chi connectivity index (χ0n) is 7.69. The second kappa shape index (κ2) is 5.18. The van der Waals surface area contributed by atoms with Crippen molar-refractivity contribution in [2.75, 3.05) is 25.7 Å². The third-order valence-corrected chi connectivity index (χ3v) is 2.52. The van der Waals surface area contributed by atoms with Gasteiger partial charge < -0.3 is 9.84 Å². The Morgan fingerprint density at radius 1 is 1.54 bits per heavy atom. The lowest BCUT2D eigenvalue weighted by atomic mass is 10.1. The number of carbonyl (C=O) groups is 1. The summed E-state index contributed by atoms with van der Waals surface area (Å²) in [6, 6.07) is 0. The number of aliphatic hydroxyl groups excluding tert-OH is 1. The molecule has 0 aliphatic heterocycles. The van der Waals surface area contributed by atoms with E-state index in [2.05, 4.69) is 4.74 Å². The summed E-state index contributed by atoms with van der Waals surface area (Å²) in [5.74, 6) is -1.63. The number of carbonyl (C=O) groups excluding carboxylic acids is 1. The molecule has 0 radical (unpaired) electrons. The first-order valence-corrected chi connectivity index (χ1v) is 5.83. The highest BCUT2D eigenvalue weighted by Gasteiger charge is 2.23. The number of hydrogen-bond donors (Lipinski definition) is 1. The van der Waals surface area contributed by atoms with Crippen LogP contribution in [0.15, 0.2) is 0 Å². The summed E-state index contributed by atoms with van der Waals surface area (Å²) in [6.45, 7) is -0.227. The molecule has 13 heavy (non-hydrogen) atoms. The summed E-state index contributed by atoms with van der Waals surface area (Å²) >= 11 is 0. The molecule has 0 aromatic carbocycles. The van der Waals surface area contributed by atoms with Gasteiger partial charge in [-0.1, -0.05) is 0 Å². The Morgan fingerprint density at radius 2 is 2.08 bits per heavy atom. The van der Waals surface area contributed by atoms with Crippen molar-refractivity contribution in [1.29, 1.82) is 0 Å². The first kappa shape index (κ1) is 12.4. The highest BCUT2D eigenvalue weighted by Crippen LogP contribution is 2.07. The quantitative estimate of drug-likeness (QED) is 0.601. The molecule has 0 saturated carbocycles. The fourth-order valence-electron chi connectivity index (χ4n) is 0.957. The average molecular weight is 210 g/mol. The summed E-state index contributed by atoms with van der Waals surface area (Å²) in [5.41, 5.74) is 0. The Hall–Kier alpha value is -0.620. The molecule has 0 saturated heterocycles. The molecule has 0 amide bonds. The van der Waals surface area contributed by atoms with E-state index in [9.17, 15) is 13.2 Å². The SMILES string of the molecule is COC(=O)C(CCO)CS(C)(=O)=O. The van der Waals surface area contributed by atoms with Crippen LogP contribution in [0.1, 0.15) is 6.42 Å². The molecule has 0 spiro atoms. The van der Waals surface area contributed by atoms with Gasteiger partial charge in [0.05, 0.1) is 18.8 Å². The van der Waals surface area contributed by atoms with E-state index in [1.54, 1.807) is 0 Å². The number of sulfone groups is 1. The van der Waals surface area contributed by atoms with Crippen molar-refractivity contribution >= 4 is 15.8 Å². The fraction of sp³-hybridized carbons (Fsp3) is 0.857. The van der Waals surface area contributed by atoms with Gasteiger partial charge in [0.1, 0.15) is 9.84 Å². The highest BCUT2D eigenvalue weighted by atomic mass is 32.2. The Bertz CT molecular complexity index is 256. The van der Waals surface area contributed by atoms with Crippen LogP contribution in [0.2, 0.25) is 0 Å². The lowest BCUT2D eigenvalue weighted by Crippen LogP contribution is -2.25. The maximum atomic E-state index is 11.0. The third-order valence-electron chi connectivity index (χ3n) is 1.52. The van der Waals surface area contributed by atoms with Crippen LogP contribution in [0.25, 0.3) is 0 Å². The van der Waals surface area contributed by atoms with Gasteiger partial charge in [0.2, 0.25) is 0 Å². The minimum Gasteiger partial charge on any atom is -0.469 e. The molecule has 0 rings (SSSR count). The Morgan fingerprint density at radius 3 is 2.38 bits per heavy atom. The van der Waals surface area contributed by atoms with Gasteiger partial charge in [-0.15, -0.1) is 0 Å². The van der Waals surface area contributed by atoms with Gasteiger partial charge in [0.15, 0.2) is 0 Å². The molecule has 0 aliphatic rings. The lowest BCUT2D eigenvalue weighted by molar-refractivity contribution is -0.145. The van der Waals surface area contributed by atoms with Gasteiger partial charge in [-0.05, 0) is 6.42 Å². The van der Waals surface area contributed by atoms with Crippen LogP contribution in [0.4, 0.5) is 0 Å². The van der Waals surface area contributed by atoms with Gasteiger partial charge in [-0.3, -0.25) is 4.79 Å². The Labute approximate surface area is 77.6 Å². The van der Waals surface area contributed by atoms with E-state index in [0.29, 0.717) is 0 Å². The normalized spacial score (nSPS) is 13.8. The standard InChI is InChI=1S/C7H14O5S/c1-12-7(9)6(3-4-8)5-13(2,10)11/h6,8H,3-5H2,1-2H3. The summed E-state index contributed by atoms with van der Waals surface area (Å²) in [4.78, 5) is 11.0. The van der Waals surface area contributed by atoms with E-state index in [-0.39, 0.29) is 18.8 Å². The number of ether oxygens (including phenoxy) is 1. The monoisotopic (exact) mass is 210 g/mol. The van der Waals surface area contributed by atoms with E-state index >= 15 is 0 Å². The fourth-order valence-corrected chi connectivity index (χ4v) is 1.99. The molecule has 0 heterocycles. The van der Waals surface area contributed by atoms with E-state index in [4.69, 9.17) is 5.11 Å². The van der Waals surface area contributed by atoms with Crippen LogP contribution >= 0.6 is 0 Å². The second-order valence-corrected chi connectivity index (χ2v) is 5.01. The third kappa shape index (κ3) is 5.59. The van der Waals surface area contributed by atoms with E-state index < -0.39 is 21.7 Å². The molecular formula is C7H14O5S. The first-order valence-electron chi connectivity index (χ1n) is 3.77. The summed E-state index contributed by atoms with van der Waals surface area (Å²) in [7, 11) is -2.02. The van der Waals surface area contributed by atoms with Crippen molar-refractivity contribution in [2.45, 2.75) is 6.42 Å². The zero-order valence-corrected chi connectivity index (χ0v) is 8.50. The predicted molar refractivity (Wildman–Crippen MR) is 46.9 cm³/mol. The number of hydrogen-bond acceptors (Lipinski definition) is 5. The predicted octanol–water partition coefficient (Wildman–Crippen LogP) is -0.797. The lowest BCUT2D eigenvalue weighted by Gasteiger charge is -2.11. The minimum atomic E-state index is -3.21. The zero-order chi connectivity index (χ0) is 10.5. The molecular weight excluding hydrogens is 196 g/mol. The van der Waals surface area contributed by atoms with Crippen LogP contribution in [-0.2, 0) is 19.4 Å². The van der Waals surface area contributed by atoms with E-state index in [1.165, 1.54) is 7.11 Å². The van der Waals surface area contributed by atoms with Gasteiger partial charge in [-0.2, -0.15) is 0 Å². The van der Waals surface area contributed by atoms with E-state index in [1.807, 2.05) is 0 Å². The number of rotatable bonds is 5. The molecule has 1 N–H and O–H groups in total. The summed E-state index contributed by atoms with van der Waals surface area (Å²) in [5, 5.41) is 8.58. The second-order valence-electron chi connectivity index (χ2n) is 2.82. The molecule has 6 heteroatoms. The van der Waals surface area contributed by atoms with Crippen molar-refractivity contribution in [3.8, 4) is 0 Å². The maximum absolute atomic E-state index is 11.0. The molecule has 1 atom stereocenters.